The molecule has 6 aliphatic carbocycles. The predicted octanol–water partition coefficient (Wildman–Crippen LogP) is 8.97. The molecule has 0 aromatic heterocycles. The second kappa shape index (κ2) is 11.0. The number of likely N-dealkylation sites (tertiary alicyclic amines) is 2. The van der Waals surface area contributed by atoms with Crippen LogP contribution in [0.1, 0.15) is 154 Å². The molecular formula is C36H60N2. The van der Waals surface area contributed by atoms with Crippen molar-refractivity contribution in [2.24, 2.45) is 35.5 Å². The van der Waals surface area contributed by atoms with Gasteiger partial charge in [0.2, 0.25) is 0 Å². The molecule has 8 atom stereocenters. The minimum atomic E-state index is 0.956. The van der Waals surface area contributed by atoms with E-state index in [0.717, 1.165) is 71.8 Å². The Morgan fingerprint density at radius 2 is 0.526 bits per heavy atom. The van der Waals surface area contributed by atoms with Gasteiger partial charge in [-0.1, -0.05) is 51.4 Å². The first-order valence-corrected chi connectivity index (χ1v) is 18.4. The van der Waals surface area contributed by atoms with Crippen molar-refractivity contribution in [2.45, 2.75) is 190 Å². The number of nitrogens with zero attached hydrogens (tertiary/aromatic N) is 2. The molecule has 2 nitrogen and oxygen atoms in total. The van der Waals surface area contributed by atoms with Crippen molar-refractivity contribution in [3.8, 4) is 0 Å². The molecule has 214 valence electrons. The summed E-state index contributed by atoms with van der Waals surface area (Å²) >= 11 is 0. The Balaban J connectivity index is 0.881. The normalized spacial score (nSPS) is 52.1. The quantitative estimate of drug-likeness (QED) is 0.366. The van der Waals surface area contributed by atoms with Crippen molar-refractivity contribution in [1.82, 2.24) is 9.80 Å². The van der Waals surface area contributed by atoms with E-state index in [1.807, 2.05) is 0 Å². The first kappa shape index (κ1) is 25.6. The first-order chi connectivity index (χ1) is 18.9. The highest BCUT2D eigenvalue weighted by Gasteiger charge is 2.53. The highest BCUT2D eigenvalue weighted by Crippen LogP contribution is 2.54. The Hall–Kier alpha value is -0.0800. The van der Waals surface area contributed by atoms with Gasteiger partial charge in [-0.2, -0.15) is 0 Å². The van der Waals surface area contributed by atoms with Gasteiger partial charge in [-0.15, -0.1) is 0 Å². The van der Waals surface area contributed by atoms with Gasteiger partial charge < -0.3 is 0 Å². The molecule has 38 heavy (non-hydrogen) atoms. The average molecular weight is 521 g/mol. The van der Waals surface area contributed by atoms with Gasteiger partial charge in [-0.25, -0.2) is 0 Å². The van der Waals surface area contributed by atoms with E-state index in [1.165, 1.54) is 51.4 Å². The van der Waals surface area contributed by atoms with Gasteiger partial charge in [-0.3, -0.25) is 9.80 Å². The fraction of sp³-hybridized carbons (Fsp3) is 1.00. The predicted molar refractivity (Wildman–Crippen MR) is 158 cm³/mol. The molecule has 8 rings (SSSR count). The standard InChI is InChI=1S/C36H60N2/c1-5-13-33-29(9-1)30-10-2-6-14-34(30)37(33)27-21-17-25(18-22-27)26-19-23-28(24-20-26)38-35-15-7-3-11-31(35)32-12-4-8-16-36(32)38/h25-36H,1-24H2. The lowest BCUT2D eigenvalue weighted by Crippen LogP contribution is -2.49. The third-order valence-electron chi connectivity index (χ3n) is 14.8. The third kappa shape index (κ3) is 4.39. The van der Waals surface area contributed by atoms with Gasteiger partial charge in [0.1, 0.15) is 0 Å². The molecule has 8 aliphatic rings. The van der Waals surface area contributed by atoms with E-state index < -0.39 is 0 Å². The van der Waals surface area contributed by atoms with Gasteiger partial charge in [-0.05, 0) is 138 Å². The summed E-state index contributed by atoms with van der Waals surface area (Å²) < 4.78 is 0. The maximum Gasteiger partial charge on any atom is 0.0133 e. The summed E-state index contributed by atoms with van der Waals surface area (Å²) in [6.45, 7) is 0. The first-order valence-electron chi connectivity index (χ1n) is 18.4. The molecule has 0 radical (unpaired) electrons. The summed E-state index contributed by atoms with van der Waals surface area (Å²) in [5.41, 5.74) is 0. The van der Waals surface area contributed by atoms with E-state index in [-0.39, 0.29) is 0 Å². The summed E-state index contributed by atoms with van der Waals surface area (Å²) in [4.78, 5) is 6.46. The van der Waals surface area contributed by atoms with Gasteiger partial charge in [0.25, 0.3) is 0 Å². The number of fused-ring (bicyclic) bond motifs is 6. The molecule has 0 aromatic carbocycles. The number of rotatable bonds is 3. The van der Waals surface area contributed by atoms with Crippen LogP contribution in [-0.2, 0) is 0 Å². The summed E-state index contributed by atoms with van der Waals surface area (Å²) in [5, 5.41) is 0. The Morgan fingerprint density at radius 3 is 0.816 bits per heavy atom. The van der Waals surface area contributed by atoms with Gasteiger partial charge in [0, 0.05) is 36.3 Å². The van der Waals surface area contributed by atoms with Crippen molar-refractivity contribution >= 4 is 0 Å². The van der Waals surface area contributed by atoms with E-state index in [9.17, 15) is 0 Å². The van der Waals surface area contributed by atoms with Crippen LogP contribution in [0.2, 0.25) is 0 Å². The fourth-order valence-electron chi connectivity index (χ4n) is 13.4. The second-order valence-electron chi connectivity index (χ2n) is 16.1. The lowest BCUT2D eigenvalue weighted by atomic mass is 9.70. The fourth-order valence-corrected chi connectivity index (χ4v) is 13.4. The zero-order valence-corrected chi connectivity index (χ0v) is 24.8. The lowest BCUT2D eigenvalue weighted by Gasteiger charge is -2.47. The van der Waals surface area contributed by atoms with Crippen molar-refractivity contribution in [2.75, 3.05) is 0 Å². The van der Waals surface area contributed by atoms with Crippen molar-refractivity contribution in [1.29, 1.82) is 0 Å². The van der Waals surface area contributed by atoms with Crippen molar-refractivity contribution < 1.29 is 0 Å². The van der Waals surface area contributed by atoms with Crippen LogP contribution in [-0.4, -0.2) is 46.1 Å². The van der Waals surface area contributed by atoms with E-state index >= 15 is 0 Å². The third-order valence-corrected chi connectivity index (χ3v) is 14.8. The van der Waals surface area contributed by atoms with Crippen LogP contribution in [0, 0.1) is 35.5 Å². The molecule has 2 saturated heterocycles. The zero-order chi connectivity index (χ0) is 25.1. The minimum Gasteiger partial charge on any atom is -0.294 e. The Labute approximate surface area is 235 Å². The molecule has 0 N–H and O–H groups in total. The van der Waals surface area contributed by atoms with Crippen LogP contribution in [0.25, 0.3) is 0 Å². The van der Waals surface area contributed by atoms with E-state index in [4.69, 9.17) is 0 Å². The largest absolute Gasteiger partial charge is 0.294 e. The summed E-state index contributed by atoms with van der Waals surface area (Å²) in [6, 6.07) is 5.86. The Kier molecular flexibility index (Phi) is 7.39. The second-order valence-corrected chi connectivity index (χ2v) is 16.1. The van der Waals surface area contributed by atoms with E-state index in [2.05, 4.69) is 9.80 Å². The van der Waals surface area contributed by atoms with Crippen molar-refractivity contribution in [3.05, 3.63) is 0 Å². The average Bonchev–Trinajstić information content (AvgIpc) is 3.51. The molecule has 2 heterocycles. The maximum atomic E-state index is 3.23. The number of hydrogen-bond donors (Lipinski definition) is 0. The zero-order valence-electron chi connectivity index (χ0n) is 24.8. The molecule has 0 bridgehead atoms. The smallest absolute Gasteiger partial charge is 0.0133 e. The highest BCUT2D eigenvalue weighted by molar-refractivity contribution is 5.07. The van der Waals surface area contributed by atoms with Crippen LogP contribution in [0.3, 0.4) is 0 Å². The monoisotopic (exact) mass is 520 g/mol. The minimum absolute atomic E-state index is 0.956. The molecule has 0 amide bonds. The summed E-state index contributed by atoms with van der Waals surface area (Å²) in [7, 11) is 0. The Bertz CT molecular complexity index is 683. The topological polar surface area (TPSA) is 6.48 Å². The van der Waals surface area contributed by atoms with Gasteiger partial charge in [0.15, 0.2) is 0 Å². The number of hydrogen-bond acceptors (Lipinski definition) is 2. The van der Waals surface area contributed by atoms with Crippen LogP contribution < -0.4 is 0 Å². The molecule has 0 spiro atoms. The van der Waals surface area contributed by atoms with Gasteiger partial charge >= 0.3 is 0 Å². The molecular weight excluding hydrogens is 460 g/mol. The maximum absolute atomic E-state index is 3.23. The summed E-state index contributed by atoms with van der Waals surface area (Å²) in [5.74, 6) is 6.48. The molecule has 8 fully saturated rings. The van der Waals surface area contributed by atoms with Crippen molar-refractivity contribution in [3.63, 3.8) is 0 Å². The van der Waals surface area contributed by atoms with Crippen LogP contribution in [0.15, 0.2) is 0 Å². The molecule has 0 aromatic rings. The van der Waals surface area contributed by atoms with Crippen LogP contribution in [0.4, 0.5) is 0 Å². The summed E-state index contributed by atoms with van der Waals surface area (Å²) in [6.07, 6.45) is 37.2. The Morgan fingerprint density at radius 1 is 0.263 bits per heavy atom. The molecule has 2 heteroatoms. The molecule has 8 unspecified atom stereocenters. The van der Waals surface area contributed by atoms with Crippen LogP contribution >= 0.6 is 0 Å². The van der Waals surface area contributed by atoms with Gasteiger partial charge in [0.05, 0.1) is 0 Å². The van der Waals surface area contributed by atoms with E-state index in [0.29, 0.717) is 0 Å². The molecule has 2 aliphatic heterocycles. The lowest BCUT2D eigenvalue weighted by molar-refractivity contribution is 0.0268. The highest BCUT2D eigenvalue weighted by atomic mass is 15.3. The van der Waals surface area contributed by atoms with E-state index in [1.54, 1.807) is 103 Å². The SMILES string of the molecule is C1CCC2C(C1)C1CCCCC1N2C1CCC(C2CCC(N3C4CCCCC4C4CCCCC43)CC2)CC1. The molecule has 6 saturated carbocycles. The van der Waals surface area contributed by atoms with Crippen LogP contribution in [0.5, 0.6) is 0 Å².